The number of ether oxygens (including phenoxy) is 2. The van der Waals surface area contributed by atoms with Gasteiger partial charge in [-0.05, 0) is 0 Å². The second-order valence-corrected chi connectivity index (χ2v) is 3.60. The summed E-state index contributed by atoms with van der Waals surface area (Å²) in [5.74, 6) is -2.93. The van der Waals surface area contributed by atoms with Crippen LogP contribution in [-0.4, -0.2) is 24.4 Å². The Morgan fingerprint density at radius 1 is 1.45 bits per heavy atom. The van der Waals surface area contributed by atoms with Crippen molar-refractivity contribution in [3.05, 3.63) is 23.0 Å². The standard InChI is InChI=1S/C10H7ClF5NO3/c1-19-9(18)7-6(8(12)13)4(2-11)5(3-17-7)20-10(14,15)16/h3,8H,2H2,1H3. The maximum Gasteiger partial charge on any atom is 0.573 e. The SMILES string of the molecule is COC(=O)c1ncc(OC(F)(F)F)c(CCl)c1C(F)F. The highest BCUT2D eigenvalue weighted by Crippen LogP contribution is 2.35. The number of halogens is 6. The summed E-state index contributed by atoms with van der Waals surface area (Å²) in [5, 5.41) is 0. The summed E-state index contributed by atoms with van der Waals surface area (Å²) >= 11 is 5.37. The molecule has 112 valence electrons. The van der Waals surface area contributed by atoms with E-state index in [4.69, 9.17) is 11.6 Å². The fourth-order valence-electron chi connectivity index (χ4n) is 1.39. The van der Waals surface area contributed by atoms with Crippen LogP contribution >= 0.6 is 11.6 Å². The van der Waals surface area contributed by atoms with Gasteiger partial charge in [0.1, 0.15) is 0 Å². The molecule has 0 saturated heterocycles. The van der Waals surface area contributed by atoms with Crippen molar-refractivity contribution >= 4 is 17.6 Å². The smallest absolute Gasteiger partial charge is 0.464 e. The van der Waals surface area contributed by atoms with E-state index in [1.165, 1.54) is 0 Å². The number of hydrogen-bond donors (Lipinski definition) is 0. The number of carbonyl (C=O) groups excluding carboxylic acids is 1. The van der Waals surface area contributed by atoms with E-state index in [1.807, 2.05) is 0 Å². The largest absolute Gasteiger partial charge is 0.573 e. The zero-order chi connectivity index (χ0) is 15.5. The highest BCUT2D eigenvalue weighted by molar-refractivity contribution is 6.17. The Morgan fingerprint density at radius 2 is 2.05 bits per heavy atom. The summed E-state index contributed by atoms with van der Waals surface area (Å²) in [6.07, 6.45) is -7.89. The molecule has 1 aromatic heterocycles. The highest BCUT2D eigenvalue weighted by Gasteiger charge is 2.35. The van der Waals surface area contributed by atoms with Crippen molar-refractivity contribution in [2.24, 2.45) is 0 Å². The van der Waals surface area contributed by atoms with Gasteiger partial charge in [0.2, 0.25) is 0 Å². The maximum absolute atomic E-state index is 12.9. The van der Waals surface area contributed by atoms with E-state index < -0.39 is 47.2 Å². The quantitative estimate of drug-likeness (QED) is 0.484. The van der Waals surface area contributed by atoms with Crippen LogP contribution in [-0.2, 0) is 10.6 Å². The third kappa shape index (κ3) is 3.69. The second-order valence-electron chi connectivity index (χ2n) is 3.34. The molecule has 20 heavy (non-hydrogen) atoms. The van der Waals surface area contributed by atoms with Crippen LogP contribution in [0.5, 0.6) is 5.75 Å². The molecule has 0 aliphatic heterocycles. The third-order valence-corrected chi connectivity index (χ3v) is 2.41. The van der Waals surface area contributed by atoms with Gasteiger partial charge < -0.3 is 9.47 Å². The Kier molecular flexibility index (Phi) is 5.09. The number of carbonyl (C=O) groups is 1. The molecule has 0 unspecified atom stereocenters. The number of methoxy groups -OCH3 is 1. The van der Waals surface area contributed by atoms with Gasteiger partial charge in [0.05, 0.1) is 24.8 Å². The first kappa shape index (κ1) is 16.4. The minimum absolute atomic E-state index is 0.489. The van der Waals surface area contributed by atoms with Gasteiger partial charge in [0.15, 0.2) is 11.4 Å². The summed E-state index contributed by atoms with van der Waals surface area (Å²) in [5.41, 5.74) is -2.53. The highest BCUT2D eigenvalue weighted by atomic mass is 35.5. The summed E-state index contributed by atoms with van der Waals surface area (Å²) in [4.78, 5) is 14.5. The molecule has 1 rings (SSSR count). The number of esters is 1. The van der Waals surface area contributed by atoms with Gasteiger partial charge in [-0.3, -0.25) is 0 Å². The van der Waals surface area contributed by atoms with E-state index in [1.54, 1.807) is 0 Å². The lowest BCUT2D eigenvalue weighted by Crippen LogP contribution is -2.20. The Balaban J connectivity index is 3.45. The molecule has 4 nitrogen and oxygen atoms in total. The molecule has 0 radical (unpaired) electrons. The Bertz CT molecular complexity index is 506. The van der Waals surface area contributed by atoms with Crippen LogP contribution in [0.25, 0.3) is 0 Å². The van der Waals surface area contributed by atoms with Gasteiger partial charge in [-0.1, -0.05) is 0 Å². The van der Waals surface area contributed by atoms with Gasteiger partial charge in [0.25, 0.3) is 6.43 Å². The van der Waals surface area contributed by atoms with Gasteiger partial charge >= 0.3 is 12.3 Å². The molecule has 1 heterocycles. The normalized spacial score (nSPS) is 11.6. The van der Waals surface area contributed by atoms with Crippen molar-refractivity contribution in [2.75, 3.05) is 7.11 Å². The van der Waals surface area contributed by atoms with E-state index in [0.29, 0.717) is 6.20 Å². The molecule has 0 bridgehead atoms. The van der Waals surface area contributed by atoms with Crippen molar-refractivity contribution in [3.63, 3.8) is 0 Å². The monoisotopic (exact) mass is 319 g/mol. The molecular formula is C10H7ClF5NO3. The lowest BCUT2D eigenvalue weighted by molar-refractivity contribution is -0.275. The second kappa shape index (κ2) is 6.21. The molecule has 0 N–H and O–H groups in total. The van der Waals surface area contributed by atoms with Crippen LogP contribution in [0.2, 0.25) is 0 Å². The minimum Gasteiger partial charge on any atom is -0.464 e. The summed E-state index contributed by atoms with van der Waals surface area (Å²) < 4.78 is 70.1. The van der Waals surface area contributed by atoms with E-state index in [9.17, 15) is 26.7 Å². The first-order chi connectivity index (χ1) is 9.21. The fourth-order valence-corrected chi connectivity index (χ4v) is 1.67. The molecule has 1 aromatic rings. The molecule has 0 spiro atoms. The first-order valence-corrected chi connectivity index (χ1v) is 5.44. The number of nitrogens with zero attached hydrogens (tertiary/aromatic N) is 1. The number of alkyl halides is 6. The van der Waals surface area contributed by atoms with Crippen LogP contribution in [0.15, 0.2) is 6.20 Å². The maximum atomic E-state index is 12.9. The molecule has 0 aromatic carbocycles. The minimum atomic E-state index is -5.10. The Morgan fingerprint density at radius 3 is 2.45 bits per heavy atom. The van der Waals surface area contributed by atoms with E-state index in [-0.39, 0.29) is 0 Å². The lowest BCUT2D eigenvalue weighted by atomic mass is 10.1. The first-order valence-electron chi connectivity index (χ1n) is 4.91. The molecule has 0 fully saturated rings. The lowest BCUT2D eigenvalue weighted by Gasteiger charge is -2.16. The molecule has 10 heteroatoms. The predicted octanol–water partition coefficient (Wildman–Crippen LogP) is 3.44. The summed E-state index contributed by atoms with van der Waals surface area (Å²) in [7, 11) is 0.916. The zero-order valence-electron chi connectivity index (χ0n) is 9.80. The van der Waals surface area contributed by atoms with E-state index in [0.717, 1.165) is 7.11 Å². The molecule has 0 aliphatic carbocycles. The Labute approximate surface area is 114 Å². The zero-order valence-corrected chi connectivity index (χ0v) is 10.6. The third-order valence-electron chi connectivity index (χ3n) is 2.14. The van der Waals surface area contributed by atoms with E-state index >= 15 is 0 Å². The summed E-state index contributed by atoms with van der Waals surface area (Å²) in [6, 6.07) is 0. The number of rotatable bonds is 4. The van der Waals surface area contributed by atoms with Crippen molar-refractivity contribution in [2.45, 2.75) is 18.7 Å². The van der Waals surface area contributed by atoms with Gasteiger partial charge in [-0.15, -0.1) is 24.8 Å². The fraction of sp³-hybridized carbons (Fsp3) is 0.400. The van der Waals surface area contributed by atoms with Crippen LogP contribution in [0.1, 0.15) is 28.0 Å². The summed E-state index contributed by atoms with van der Waals surface area (Å²) in [6.45, 7) is 0. The van der Waals surface area contributed by atoms with Crippen molar-refractivity contribution in [1.82, 2.24) is 4.98 Å². The molecule has 0 atom stereocenters. The van der Waals surface area contributed by atoms with Crippen molar-refractivity contribution in [1.29, 1.82) is 0 Å². The topological polar surface area (TPSA) is 48.4 Å². The molecule has 0 saturated carbocycles. The number of aromatic nitrogens is 1. The average molecular weight is 320 g/mol. The van der Waals surface area contributed by atoms with E-state index in [2.05, 4.69) is 14.5 Å². The average Bonchev–Trinajstić information content (AvgIpc) is 2.35. The number of hydrogen-bond acceptors (Lipinski definition) is 4. The van der Waals surface area contributed by atoms with Crippen LogP contribution in [0, 0.1) is 0 Å². The molecule has 0 aliphatic rings. The number of pyridine rings is 1. The van der Waals surface area contributed by atoms with Crippen molar-refractivity contribution < 1.29 is 36.2 Å². The Hall–Kier alpha value is -1.64. The van der Waals surface area contributed by atoms with Crippen LogP contribution in [0.3, 0.4) is 0 Å². The van der Waals surface area contributed by atoms with Crippen molar-refractivity contribution in [3.8, 4) is 5.75 Å². The van der Waals surface area contributed by atoms with Gasteiger partial charge in [-0.2, -0.15) is 0 Å². The van der Waals surface area contributed by atoms with Crippen LogP contribution < -0.4 is 4.74 Å². The molecular weight excluding hydrogens is 313 g/mol. The van der Waals surface area contributed by atoms with Gasteiger partial charge in [-0.25, -0.2) is 18.6 Å². The molecule has 0 amide bonds. The van der Waals surface area contributed by atoms with Crippen LogP contribution in [0.4, 0.5) is 22.0 Å². The van der Waals surface area contributed by atoms with Gasteiger partial charge in [0, 0.05) is 5.56 Å². The predicted molar refractivity (Wildman–Crippen MR) is 56.8 cm³/mol.